The summed E-state index contributed by atoms with van der Waals surface area (Å²) in [6, 6.07) is 18.9. The summed E-state index contributed by atoms with van der Waals surface area (Å²) in [6.07, 6.45) is 1.16. The molecule has 1 aliphatic heterocycles. The van der Waals surface area contributed by atoms with Crippen LogP contribution in [0.15, 0.2) is 72.6 Å². The zero-order valence-electron chi connectivity index (χ0n) is 12.9. The van der Waals surface area contributed by atoms with Crippen molar-refractivity contribution in [3.8, 4) is 5.75 Å². The van der Waals surface area contributed by atoms with Gasteiger partial charge in [-0.1, -0.05) is 48.5 Å². The van der Waals surface area contributed by atoms with Gasteiger partial charge in [0.1, 0.15) is 11.9 Å². The van der Waals surface area contributed by atoms with E-state index in [-0.39, 0.29) is 12.2 Å². The van der Waals surface area contributed by atoms with Crippen molar-refractivity contribution >= 4 is 7.60 Å². The molecule has 0 radical (unpaired) electrons. The molecule has 3 rings (SSSR count). The van der Waals surface area contributed by atoms with Gasteiger partial charge in [-0.3, -0.25) is 4.52 Å². The first-order chi connectivity index (χ1) is 11.1. The normalized spacial score (nSPS) is 26.8. The summed E-state index contributed by atoms with van der Waals surface area (Å²) in [5.41, 5.74) is 1.09. The average Bonchev–Trinajstić information content (AvgIpc) is 2.56. The highest BCUT2D eigenvalue weighted by Crippen LogP contribution is 2.53. The maximum atomic E-state index is 12.6. The van der Waals surface area contributed by atoms with Crippen molar-refractivity contribution < 1.29 is 18.3 Å². The van der Waals surface area contributed by atoms with Gasteiger partial charge < -0.3 is 9.26 Å². The molecule has 120 valence electrons. The molecule has 0 saturated heterocycles. The fraction of sp³-hybridized carbons (Fsp3) is 0.222. The molecule has 2 aromatic rings. The van der Waals surface area contributed by atoms with E-state index in [1.54, 1.807) is 18.2 Å². The minimum absolute atomic E-state index is 0.253. The molecule has 0 amide bonds. The minimum atomic E-state index is -3.29. The Balaban J connectivity index is 1.63. The Kier molecular flexibility index (Phi) is 4.97. The molecular weight excluding hydrogens is 311 g/mol. The predicted molar refractivity (Wildman–Crippen MR) is 89.4 cm³/mol. The number of para-hydroxylation sites is 1. The Morgan fingerprint density at radius 3 is 2.35 bits per heavy atom. The van der Waals surface area contributed by atoms with Gasteiger partial charge in [-0.2, -0.15) is 0 Å². The maximum Gasteiger partial charge on any atom is 0.403 e. The van der Waals surface area contributed by atoms with Gasteiger partial charge in [0.05, 0.1) is 12.7 Å². The van der Waals surface area contributed by atoms with E-state index in [4.69, 9.17) is 13.8 Å². The molecule has 0 aromatic heterocycles. The van der Waals surface area contributed by atoms with Gasteiger partial charge in [0, 0.05) is 5.82 Å². The van der Waals surface area contributed by atoms with Gasteiger partial charge in [0.25, 0.3) is 0 Å². The van der Waals surface area contributed by atoms with Crippen LogP contribution >= 0.6 is 7.60 Å². The molecule has 0 spiro atoms. The van der Waals surface area contributed by atoms with E-state index >= 15 is 0 Å². The molecule has 0 fully saturated rings. The lowest BCUT2D eigenvalue weighted by atomic mass is 10.2. The van der Waals surface area contributed by atoms with Crippen molar-refractivity contribution in [2.75, 3.05) is 0 Å². The molecule has 0 N–H and O–H groups in total. The van der Waals surface area contributed by atoms with E-state index in [1.807, 2.05) is 55.5 Å². The van der Waals surface area contributed by atoms with E-state index < -0.39 is 7.60 Å². The summed E-state index contributed by atoms with van der Waals surface area (Å²) >= 11 is 0. The Morgan fingerprint density at radius 2 is 1.70 bits per heavy atom. The Morgan fingerprint density at radius 1 is 1.04 bits per heavy atom. The Bertz CT molecular complexity index is 699. The molecule has 1 heterocycles. The molecule has 0 saturated carbocycles. The molecule has 23 heavy (non-hydrogen) atoms. The van der Waals surface area contributed by atoms with Crippen LogP contribution in [0.5, 0.6) is 5.75 Å². The highest BCUT2D eigenvalue weighted by Gasteiger charge is 2.34. The lowest BCUT2D eigenvalue weighted by Crippen LogP contribution is -2.29. The second-order valence-electron chi connectivity index (χ2n) is 5.36. The van der Waals surface area contributed by atoms with Crippen LogP contribution in [-0.2, 0) is 20.4 Å². The summed E-state index contributed by atoms with van der Waals surface area (Å²) in [4.78, 5) is 0. The first-order valence-electron chi connectivity index (χ1n) is 7.52. The summed E-state index contributed by atoms with van der Waals surface area (Å²) in [5.74, 6) is 2.01. The molecule has 1 aliphatic rings. The Labute approximate surface area is 136 Å². The van der Waals surface area contributed by atoms with Crippen molar-refractivity contribution in [2.45, 2.75) is 25.7 Å². The van der Waals surface area contributed by atoms with Crippen molar-refractivity contribution in [3.05, 3.63) is 78.1 Å². The topological polar surface area (TPSA) is 44.8 Å². The van der Waals surface area contributed by atoms with E-state index in [9.17, 15) is 4.57 Å². The largest absolute Gasteiger partial charge is 0.422 e. The van der Waals surface area contributed by atoms with Gasteiger partial charge in [-0.05, 0) is 30.7 Å². The average molecular weight is 330 g/mol. The monoisotopic (exact) mass is 330 g/mol. The van der Waals surface area contributed by atoms with Crippen LogP contribution in [0.25, 0.3) is 0 Å². The molecule has 0 unspecified atom stereocenters. The van der Waals surface area contributed by atoms with Gasteiger partial charge in [0.15, 0.2) is 0 Å². The van der Waals surface area contributed by atoms with Crippen molar-refractivity contribution in [1.82, 2.24) is 0 Å². The van der Waals surface area contributed by atoms with Gasteiger partial charge in [-0.15, -0.1) is 0 Å². The lowest BCUT2D eigenvalue weighted by molar-refractivity contribution is -0.00516. The fourth-order valence-corrected chi connectivity index (χ4v) is 3.87. The quantitative estimate of drug-likeness (QED) is 0.740. The fourth-order valence-electron chi connectivity index (χ4n) is 2.31. The van der Waals surface area contributed by atoms with Crippen molar-refractivity contribution in [2.24, 2.45) is 0 Å². The van der Waals surface area contributed by atoms with E-state index in [0.717, 1.165) is 5.56 Å². The van der Waals surface area contributed by atoms with Crippen molar-refractivity contribution in [3.63, 3.8) is 0 Å². The third-order valence-electron chi connectivity index (χ3n) is 3.50. The summed E-state index contributed by atoms with van der Waals surface area (Å²) in [5, 5.41) is 0. The van der Waals surface area contributed by atoms with Crippen LogP contribution in [0.3, 0.4) is 0 Å². The maximum absolute atomic E-state index is 12.6. The highest BCUT2D eigenvalue weighted by atomic mass is 31.2. The van der Waals surface area contributed by atoms with Gasteiger partial charge >= 0.3 is 7.60 Å². The molecule has 4 nitrogen and oxygen atoms in total. The smallest absolute Gasteiger partial charge is 0.403 e. The summed E-state index contributed by atoms with van der Waals surface area (Å²) in [6.45, 7) is 2.31. The molecule has 2 aromatic carbocycles. The van der Waals surface area contributed by atoms with E-state index in [0.29, 0.717) is 12.4 Å². The minimum Gasteiger partial charge on any atom is -0.422 e. The SMILES string of the molecule is C[C@H]1O[P@](=O)(Oc2ccccc2)C=C[C@@H]1OCc1ccccc1. The van der Waals surface area contributed by atoms with Crippen LogP contribution in [0.4, 0.5) is 0 Å². The number of benzene rings is 2. The number of hydrogen-bond donors (Lipinski definition) is 0. The van der Waals surface area contributed by atoms with Crippen LogP contribution in [0.1, 0.15) is 12.5 Å². The summed E-state index contributed by atoms with van der Waals surface area (Å²) in [7, 11) is -3.29. The lowest BCUT2D eigenvalue weighted by Gasteiger charge is -2.29. The summed E-state index contributed by atoms with van der Waals surface area (Å²) < 4.78 is 29.6. The van der Waals surface area contributed by atoms with Gasteiger partial charge in [0.2, 0.25) is 0 Å². The van der Waals surface area contributed by atoms with Gasteiger partial charge in [-0.25, -0.2) is 4.57 Å². The van der Waals surface area contributed by atoms with E-state index in [1.165, 1.54) is 5.82 Å². The van der Waals surface area contributed by atoms with Crippen LogP contribution in [0, 0.1) is 0 Å². The zero-order chi connectivity index (χ0) is 16.1. The zero-order valence-corrected chi connectivity index (χ0v) is 13.8. The van der Waals surface area contributed by atoms with Crippen LogP contribution < -0.4 is 4.52 Å². The second-order valence-corrected chi connectivity index (χ2v) is 7.13. The molecule has 0 bridgehead atoms. The second kappa shape index (κ2) is 7.14. The predicted octanol–water partition coefficient (Wildman–Crippen LogP) is 4.78. The van der Waals surface area contributed by atoms with Crippen molar-refractivity contribution in [1.29, 1.82) is 0 Å². The first kappa shape index (κ1) is 16.0. The molecular formula is C18H19O4P. The van der Waals surface area contributed by atoms with E-state index in [2.05, 4.69) is 0 Å². The number of hydrogen-bond acceptors (Lipinski definition) is 4. The molecule has 3 atom stereocenters. The molecule has 5 heteroatoms. The standard InChI is InChI=1S/C18H19O4P/c1-15-18(20-14-16-8-4-2-5-9-16)12-13-23(19,21-15)22-17-10-6-3-7-11-17/h2-13,15,18H,14H2,1H3/t15-,18+,23+/m1/s1. The van der Waals surface area contributed by atoms with Crippen LogP contribution in [-0.4, -0.2) is 12.2 Å². The number of ether oxygens (including phenoxy) is 1. The first-order valence-corrected chi connectivity index (χ1v) is 9.13. The molecule has 0 aliphatic carbocycles. The highest BCUT2D eigenvalue weighted by molar-refractivity contribution is 7.57. The van der Waals surface area contributed by atoms with Crippen LogP contribution in [0.2, 0.25) is 0 Å². The Hall–Kier alpha value is -1.87. The third-order valence-corrected chi connectivity index (χ3v) is 5.12. The third kappa shape index (κ3) is 4.32. The number of rotatable bonds is 5.